The quantitative estimate of drug-likeness (QED) is 0.874. The fourth-order valence-electron chi connectivity index (χ4n) is 1.16. The molecule has 2 aromatic rings. The minimum Gasteiger partial charge on any atom is -0.334 e. The molecular formula is C9H10IN3OS. The number of thiophene rings is 1. The van der Waals surface area contributed by atoms with Crippen molar-refractivity contribution in [3.05, 3.63) is 20.2 Å². The zero-order valence-electron chi connectivity index (χ0n) is 8.11. The first-order chi connectivity index (χ1) is 7.15. The Morgan fingerprint density at radius 1 is 1.67 bits per heavy atom. The maximum atomic E-state index is 5.66. The minimum atomic E-state index is 0.0538. The van der Waals surface area contributed by atoms with Crippen LogP contribution in [0.4, 0.5) is 0 Å². The topological polar surface area (TPSA) is 64.9 Å². The van der Waals surface area contributed by atoms with E-state index in [9.17, 15) is 0 Å². The summed E-state index contributed by atoms with van der Waals surface area (Å²) in [6, 6.07) is 2.08. The molecule has 15 heavy (non-hydrogen) atoms. The maximum absolute atomic E-state index is 5.66. The monoisotopic (exact) mass is 335 g/mol. The third kappa shape index (κ3) is 2.76. The molecule has 2 heterocycles. The Kier molecular flexibility index (Phi) is 3.37. The summed E-state index contributed by atoms with van der Waals surface area (Å²) in [5.41, 5.74) is 6.64. The third-order valence-corrected chi connectivity index (χ3v) is 3.58. The molecule has 4 nitrogen and oxygen atoms in total. The first kappa shape index (κ1) is 11.0. The van der Waals surface area contributed by atoms with E-state index in [-0.39, 0.29) is 6.04 Å². The number of nitrogens with two attached hydrogens (primary N) is 1. The number of aromatic nitrogens is 2. The fourth-order valence-corrected chi connectivity index (χ4v) is 2.48. The van der Waals surface area contributed by atoms with Crippen molar-refractivity contribution in [3.8, 4) is 11.5 Å². The van der Waals surface area contributed by atoms with Gasteiger partial charge in [0.1, 0.15) is 0 Å². The van der Waals surface area contributed by atoms with E-state index in [0.29, 0.717) is 18.1 Å². The van der Waals surface area contributed by atoms with E-state index in [1.807, 2.05) is 18.4 Å². The van der Waals surface area contributed by atoms with E-state index in [2.05, 4.69) is 32.7 Å². The molecule has 1 atom stereocenters. The van der Waals surface area contributed by atoms with Gasteiger partial charge in [0.15, 0.2) is 5.82 Å². The molecule has 0 bridgehead atoms. The molecule has 0 saturated heterocycles. The van der Waals surface area contributed by atoms with E-state index in [4.69, 9.17) is 10.3 Å². The van der Waals surface area contributed by atoms with E-state index in [1.165, 1.54) is 2.88 Å². The molecule has 0 aliphatic rings. The molecule has 2 N–H and O–H groups in total. The van der Waals surface area contributed by atoms with Crippen molar-refractivity contribution in [1.82, 2.24) is 10.1 Å². The van der Waals surface area contributed by atoms with Crippen LogP contribution in [0.3, 0.4) is 0 Å². The average Bonchev–Trinajstić information content (AvgIpc) is 2.72. The highest BCUT2D eigenvalue weighted by atomic mass is 127. The zero-order chi connectivity index (χ0) is 10.8. The van der Waals surface area contributed by atoms with Crippen LogP contribution in [-0.4, -0.2) is 16.2 Å². The van der Waals surface area contributed by atoms with Crippen molar-refractivity contribution in [2.45, 2.75) is 19.4 Å². The normalized spacial score (nSPS) is 13.0. The molecule has 0 spiro atoms. The Balaban J connectivity index is 2.20. The Morgan fingerprint density at radius 2 is 2.47 bits per heavy atom. The maximum Gasteiger partial charge on any atom is 0.258 e. The number of rotatable bonds is 3. The summed E-state index contributed by atoms with van der Waals surface area (Å²) >= 11 is 3.92. The van der Waals surface area contributed by atoms with Gasteiger partial charge in [-0.05, 0) is 35.6 Å². The van der Waals surface area contributed by atoms with Crippen LogP contribution in [0.1, 0.15) is 12.7 Å². The summed E-state index contributed by atoms with van der Waals surface area (Å²) in [5, 5.41) is 5.88. The molecule has 0 saturated carbocycles. The predicted molar refractivity (Wildman–Crippen MR) is 67.7 cm³/mol. The van der Waals surface area contributed by atoms with Crippen LogP contribution < -0.4 is 5.73 Å². The second-order valence-electron chi connectivity index (χ2n) is 3.34. The highest BCUT2D eigenvalue weighted by Crippen LogP contribution is 2.25. The summed E-state index contributed by atoms with van der Waals surface area (Å²) in [6.45, 7) is 1.92. The van der Waals surface area contributed by atoms with Crippen LogP contribution in [0.25, 0.3) is 11.5 Å². The molecule has 1 unspecified atom stereocenters. The van der Waals surface area contributed by atoms with Gasteiger partial charge in [-0.3, -0.25) is 0 Å². The molecule has 0 aliphatic heterocycles. The van der Waals surface area contributed by atoms with Gasteiger partial charge in [-0.15, -0.1) is 11.3 Å². The zero-order valence-corrected chi connectivity index (χ0v) is 11.1. The van der Waals surface area contributed by atoms with E-state index in [1.54, 1.807) is 11.3 Å². The number of hydrogen-bond acceptors (Lipinski definition) is 5. The lowest BCUT2D eigenvalue weighted by Gasteiger charge is -1.96. The van der Waals surface area contributed by atoms with Crippen molar-refractivity contribution in [2.75, 3.05) is 0 Å². The number of halogens is 1. The summed E-state index contributed by atoms with van der Waals surface area (Å²) in [4.78, 5) is 4.28. The molecule has 0 aromatic carbocycles. The predicted octanol–water partition coefficient (Wildman–Crippen LogP) is 2.29. The first-order valence-corrected chi connectivity index (χ1v) is 6.43. The van der Waals surface area contributed by atoms with Gasteiger partial charge in [0.25, 0.3) is 5.89 Å². The van der Waals surface area contributed by atoms with Crippen molar-refractivity contribution in [1.29, 1.82) is 0 Å². The average molecular weight is 335 g/mol. The van der Waals surface area contributed by atoms with Gasteiger partial charge in [0, 0.05) is 17.8 Å². The largest absolute Gasteiger partial charge is 0.334 e. The molecule has 2 aromatic heterocycles. The summed E-state index contributed by atoms with van der Waals surface area (Å²) < 4.78 is 6.35. The summed E-state index contributed by atoms with van der Waals surface area (Å²) in [5.74, 6) is 1.24. The van der Waals surface area contributed by atoms with Crippen LogP contribution in [0.15, 0.2) is 16.0 Å². The van der Waals surface area contributed by atoms with Crippen molar-refractivity contribution < 1.29 is 4.52 Å². The number of hydrogen-bond donors (Lipinski definition) is 1. The highest BCUT2D eigenvalue weighted by Gasteiger charge is 2.11. The molecule has 80 valence electrons. The van der Waals surface area contributed by atoms with Gasteiger partial charge >= 0.3 is 0 Å². The molecule has 2 rings (SSSR count). The lowest BCUT2D eigenvalue weighted by Crippen LogP contribution is -2.18. The van der Waals surface area contributed by atoms with Gasteiger partial charge < -0.3 is 10.3 Å². The van der Waals surface area contributed by atoms with Crippen LogP contribution in [-0.2, 0) is 6.42 Å². The SMILES string of the molecule is CC(N)Cc1noc(-c2csc(I)c2)n1. The lowest BCUT2D eigenvalue weighted by molar-refractivity contribution is 0.420. The Hall–Kier alpha value is -0.470. The van der Waals surface area contributed by atoms with Gasteiger partial charge in [-0.25, -0.2) is 0 Å². The second kappa shape index (κ2) is 4.58. The summed E-state index contributed by atoms with van der Waals surface area (Å²) in [7, 11) is 0. The second-order valence-corrected chi connectivity index (χ2v) is 6.14. The van der Waals surface area contributed by atoms with E-state index < -0.39 is 0 Å². The summed E-state index contributed by atoms with van der Waals surface area (Å²) in [6.07, 6.45) is 0.644. The standard InChI is InChI=1S/C9H10IN3OS/c1-5(11)2-8-12-9(14-13-8)6-3-7(10)15-4-6/h3-5H,2,11H2,1H3. The van der Waals surface area contributed by atoms with Gasteiger partial charge in [0.05, 0.1) is 8.45 Å². The van der Waals surface area contributed by atoms with Gasteiger partial charge in [-0.2, -0.15) is 4.98 Å². The van der Waals surface area contributed by atoms with Crippen LogP contribution in [0, 0.1) is 2.88 Å². The van der Waals surface area contributed by atoms with Crippen molar-refractivity contribution in [3.63, 3.8) is 0 Å². The Bertz CT molecular complexity index is 452. The van der Waals surface area contributed by atoms with Crippen LogP contribution in [0.5, 0.6) is 0 Å². The molecule has 0 radical (unpaired) electrons. The van der Waals surface area contributed by atoms with Crippen molar-refractivity contribution in [2.24, 2.45) is 5.73 Å². The minimum absolute atomic E-state index is 0.0538. The van der Waals surface area contributed by atoms with E-state index in [0.717, 1.165) is 5.56 Å². The molecule has 0 amide bonds. The fraction of sp³-hybridized carbons (Fsp3) is 0.333. The number of nitrogens with zero attached hydrogens (tertiary/aromatic N) is 2. The van der Waals surface area contributed by atoms with Crippen molar-refractivity contribution >= 4 is 33.9 Å². The Labute approximate surface area is 105 Å². The lowest BCUT2D eigenvalue weighted by atomic mass is 10.2. The Morgan fingerprint density at radius 3 is 3.07 bits per heavy atom. The highest BCUT2D eigenvalue weighted by molar-refractivity contribution is 14.1. The molecule has 0 fully saturated rings. The van der Waals surface area contributed by atoms with Crippen LogP contribution >= 0.6 is 33.9 Å². The molecule has 0 aliphatic carbocycles. The third-order valence-electron chi connectivity index (χ3n) is 1.79. The molecular weight excluding hydrogens is 325 g/mol. The van der Waals surface area contributed by atoms with E-state index >= 15 is 0 Å². The molecule has 6 heteroatoms. The first-order valence-electron chi connectivity index (χ1n) is 4.47. The van der Waals surface area contributed by atoms with Gasteiger partial charge in [-0.1, -0.05) is 5.16 Å². The van der Waals surface area contributed by atoms with Gasteiger partial charge in [0.2, 0.25) is 0 Å². The van der Waals surface area contributed by atoms with Crippen LogP contribution in [0.2, 0.25) is 0 Å². The smallest absolute Gasteiger partial charge is 0.258 e.